The van der Waals surface area contributed by atoms with Crippen molar-refractivity contribution in [2.45, 2.75) is 12.2 Å². The Kier molecular flexibility index (Phi) is 6.27. The fourth-order valence-electron chi connectivity index (χ4n) is 4.14. The molecule has 7 nitrogen and oxygen atoms in total. The van der Waals surface area contributed by atoms with Crippen LogP contribution >= 0.6 is 11.6 Å². The summed E-state index contributed by atoms with van der Waals surface area (Å²) < 4.78 is 67.6. The van der Waals surface area contributed by atoms with E-state index in [9.17, 15) is 31.5 Å². The summed E-state index contributed by atoms with van der Waals surface area (Å²) in [6.07, 6.45) is -1.92. The van der Waals surface area contributed by atoms with Gasteiger partial charge in [-0.05, 0) is 48.5 Å². The summed E-state index contributed by atoms with van der Waals surface area (Å²) in [7, 11) is 0. The van der Waals surface area contributed by atoms with E-state index in [2.05, 4.69) is 26.1 Å². The Bertz CT molecular complexity index is 1570. The smallest absolute Gasteiger partial charge is 0.353 e. The van der Waals surface area contributed by atoms with Gasteiger partial charge >= 0.3 is 6.18 Å². The lowest BCUT2D eigenvalue weighted by Gasteiger charge is -2.19. The summed E-state index contributed by atoms with van der Waals surface area (Å²) in [5, 5.41) is 14.7. The van der Waals surface area contributed by atoms with Gasteiger partial charge in [-0.1, -0.05) is 11.6 Å². The molecule has 13 heteroatoms. The number of hydrogen-bond donors (Lipinski definition) is 4. The van der Waals surface area contributed by atoms with Crippen molar-refractivity contribution in [3.8, 4) is 0 Å². The van der Waals surface area contributed by atoms with Gasteiger partial charge in [0.2, 0.25) is 0 Å². The molecule has 2 amide bonds. The number of amides is 2. The average molecular weight is 548 g/mol. The minimum absolute atomic E-state index is 0.00000677. The van der Waals surface area contributed by atoms with E-state index < -0.39 is 46.8 Å². The lowest BCUT2D eigenvalue weighted by Crippen LogP contribution is -2.21. The molecule has 0 spiro atoms. The number of nitrogens with zero attached hydrogens (tertiary/aromatic N) is 1. The van der Waals surface area contributed by atoms with Crippen molar-refractivity contribution >= 4 is 40.5 Å². The van der Waals surface area contributed by atoms with Crippen LogP contribution in [0.1, 0.15) is 43.4 Å². The topological polar surface area (TPSA) is 98.9 Å². The van der Waals surface area contributed by atoms with E-state index in [4.69, 9.17) is 11.6 Å². The second-order valence-corrected chi connectivity index (χ2v) is 8.76. The highest BCUT2D eigenvalue weighted by Gasteiger charge is 2.36. The summed E-state index contributed by atoms with van der Waals surface area (Å²) in [6, 6.07) is 6.89. The van der Waals surface area contributed by atoms with Gasteiger partial charge in [-0.15, -0.1) is 0 Å². The first-order chi connectivity index (χ1) is 18.0. The van der Waals surface area contributed by atoms with Gasteiger partial charge in [0.25, 0.3) is 11.8 Å². The number of halogens is 6. The second-order valence-electron chi connectivity index (χ2n) is 8.35. The molecule has 0 bridgehead atoms. The van der Waals surface area contributed by atoms with Crippen LogP contribution in [0.15, 0.2) is 60.9 Å². The maximum atomic E-state index is 14.1. The van der Waals surface area contributed by atoms with Crippen molar-refractivity contribution in [2.75, 3.05) is 10.6 Å². The Balaban J connectivity index is 1.61. The average Bonchev–Trinajstić information content (AvgIpc) is 3.47. The van der Waals surface area contributed by atoms with Crippen LogP contribution in [0.25, 0.3) is 0 Å². The highest BCUT2D eigenvalue weighted by Crippen LogP contribution is 2.41. The number of alkyl halides is 3. The molecule has 0 aliphatic carbocycles. The van der Waals surface area contributed by atoms with E-state index in [0.29, 0.717) is 23.5 Å². The normalized spacial score (nSPS) is 14.7. The zero-order chi connectivity index (χ0) is 27.2. The second kappa shape index (κ2) is 9.45. The van der Waals surface area contributed by atoms with Crippen LogP contribution in [-0.2, 0) is 6.18 Å². The number of fused-ring (bicyclic) bond motifs is 1. The van der Waals surface area contributed by atoms with Gasteiger partial charge in [0.15, 0.2) is 0 Å². The molecule has 5 rings (SSSR count). The Hall–Kier alpha value is -4.45. The Labute approximate surface area is 216 Å². The van der Waals surface area contributed by atoms with E-state index in [-0.39, 0.29) is 33.5 Å². The number of aromatic nitrogens is 2. The molecule has 1 aromatic heterocycles. The zero-order valence-corrected chi connectivity index (χ0v) is 19.6. The summed E-state index contributed by atoms with van der Waals surface area (Å²) in [6.45, 7) is 0. The number of benzene rings is 3. The summed E-state index contributed by atoms with van der Waals surface area (Å²) in [4.78, 5) is 26.0. The van der Waals surface area contributed by atoms with Crippen LogP contribution in [-0.4, -0.2) is 22.0 Å². The third-order valence-electron chi connectivity index (χ3n) is 5.78. The molecule has 1 aliphatic rings. The molecule has 4 aromatic rings. The maximum absolute atomic E-state index is 14.1. The largest absolute Gasteiger partial charge is 0.416 e. The summed E-state index contributed by atoms with van der Waals surface area (Å²) in [5.41, 5.74) is -0.645. The molecule has 0 saturated carbocycles. The first kappa shape index (κ1) is 25.2. The predicted octanol–water partition coefficient (Wildman–Crippen LogP) is 6.19. The summed E-state index contributed by atoms with van der Waals surface area (Å²) in [5.74, 6) is -3.52. The molecule has 0 fully saturated rings. The summed E-state index contributed by atoms with van der Waals surface area (Å²) >= 11 is 6.27. The van der Waals surface area contributed by atoms with Gasteiger partial charge in [-0.25, -0.2) is 8.78 Å². The third kappa shape index (κ3) is 4.90. The first-order valence-electron chi connectivity index (χ1n) is 10.9. The van der Waals surface area contributed by atoms with E-state index in [0.717, 1.165) is 12.1 Å². The molecule has 1 aliphatic heterocycles. The highest BCUT2D eigenvalue weighted by molar-refractivity contribution is 6.31. The molecule has 0 radical (unpaired) electrons. The fraction of sp³-hybridized carbons (Fsp3) is 0.0800. The van der Waals surface area contributed by atoms with Crippen molar-refractivity contribution < 1.29 is 31.5 Å². The highest BCUT2D eigenvalue weighted by atomic mass is 35.5. The van der Waals surface area contributed by atoms with Crippen molar-refractivity contribution in [3.05, 3.63) is 105 Å². The molecule has 194 valence electrons. The molecular formula is C25H15ClF5N5O2. The van der Waals surface area contributed by atoms with Gasteiger partial charge in [0, 0.05) is 44.8 Å². The van der Waals surface area contributed by atoms with E-state index in [1.165, 1.54) is 30.6 Å². The third-order valence-corrected chi connectivity index (χ3v) is 6.12. The van der Waals surface area contributed by atoms with Crippen molar-refractivity contribution in [3.63, 3.8) is 0 Å². The number of carbonyl (C=O) groups is 2. The van der Waals surface area contributed by atoms with E-state index in [1.54, 1.807) is 0 Å². The number of carbonyl (C=O) groups excluding carboxylic acids is 2. The number of H-pyrrole nitrogens is 1. The number of rotatable bonds is 5. The molecule has 0 saturated heterocycles. The van der Waals surface area contributed by atoms with Crippen molar-refractivity contribution in [1.29, 1.82) is 0 Å². The van der Waals surface area contributed by atoms with Gasteiger partial charge in [-0.2, -0.15) is 18.3 Å². The molecule has 4 N–H and O–H groups in total. The van der Waals surface area contributed by atoms with Gasteiger partial charge in [-0.3, -0.25) is 14.7 Å². The lowest BCUT2D eigenvalue weighted by atomic mass is 9.95. The van der Waals surface area contributed by atoms with Gasteiger partial charge < -0.3 is 16.0 Å². The predicted molar refractivity (Wildman–Crippen MR) is 128 cm³/mol. The fourth-order valence-corrected chi connectivity index (χ4v) is 4.37. The van der Waals surface area contributed by atoms with Crippen molar-refractivity contribution in [1.82, 2.24) is 15.5 Å². The minimum atomic E-state index is -4.89. The quantitative estimate of drug-likeness (QED) is 0.224. The molecule has 2 heterocycles. The Morgan fingerprint density at radius 2 is 1.79 bits per heavy atom. The SMILES string of the molecule is O=C(Nc1cc(Nc2cn[nH]c2)cc2c1[C@@H](c1cc(F)ccc1Cl)NC2=O)c1cc(F)cc(C(F)(F)F)c1. The van der Waals surface area contributed by atoms with Crippen LogP contribution in [0.3, 0.4) is 0 Å². The Morgan fingerprint density at radius 3 is 2.50 bits per heavy atom. The first-order valence-corrected chi connectivity index (χ1v) is 11.3. The van der Waals surface area contributed by atoms with Gasteiger partial charge in [0.1, 0.15) is 11.6 Å². The number of nitrogens with one attached hydrogen (secondary N) is 4. The van der Waals surface area contributed by atoms with Crippen molar-refractivity contribution in [2.24, 2.45) is 0 Å². The standard InChI is InChI=1S/C25H15ClF5N5O2/c26-19-2-1-13(27)6-17(19)22-21-18(24(38)36-22)7-15(34-16-9-32-33-10-16)8-20(21)35-23(37)11-3-12(25(29,30)31)5-14(28)4-11/h1-10,22,34H,(H,32,33)(H,35,37)(H,36,38)/t22-/m1/s1. The lowest BCUT2D eigenvalue weighted by molar-refractivity contribution is -0.137. The minimum Gasteiger partial charge on any atom is -0.353 e. The number of aromatic amines is 1. The zero-order valence-electron chi connectivity index (χ0n) is 18.9. The van der Waals surface area contributed by atoms with E-state index >= 15 is 0 Å². The van der Waals surface area contributed by atoms with Crippen LogP contribution in [0.5, 0.6) is 0 Å². The molecule has 38 heavy (non-hydrogen) atoms. The van der Waals surface area contributed by atoms with Gasteiger partial charge in [0.05, 0.1) is 23.5 Å². The number of hydrogen-bond acceptors (Lipinski definition) is 4. The monoisotopic (exact) mass is 547 g/mol. The molecule has 0 unspecified atom stereocenters. The maximum Gasteiger partial charge on any atom is 0.416 e. The van der Waals surface area contributed by atoms with Crippen LogP contribution in [0.2, 0.25) is 5.02 Å². The molecule has 3 aromatic carbocycles. The van der Waals surface area contributed by atoms with Crippen LogP contribution in [0.4, 0.5) is 39.0 Å². The van der Waals surface area contributed by atoms with Crippen LogP contribution < -0.4 is 16.0 Å². The van der Waals surface area contributed by atoms with Crippen LogP contribution in [0, 0.1) is 11.6 Å². The number of anilines is 3. The van der Waals surface area contributed by atoms with E-state index in [1.807, 2.05) is 0 Å². The Morgan fingerprint density at radius 1 is 1.00 bits per heavy atom. The molecular weight excluding hydrogens is 533 g/mol. The molecule has 1 atom stereocenters.